The highest BCUT2D eigenvalue weighted by molar-refractivity contribution is 7.26. The summed E-state index contributed by atoms with van der Waals surface area (Å²) in [4.78, 5) is 1.27. The van der Waals surface area contributed by atoms with Gasteiger partial charge in [0.05, 0.1) is 6.04 Å². The van der Waals surface area contributed by atoms with E-state index in [1.807, 2.05) is 6.92 Å². The zero-order valence-corrected chi connectivity index (χ0v) is 10.0. The molecule has 2 aromatic heterocycles. The lowest BCUT2D eigenvalue weighted by atomic mass is 10.2. The largest absolute Gasteiger partial charge is 0.271 e. The van der Waals surface area contributed by atoms with E-state index in [1.54, 1.807) is 22.7 Å². The van der Waals surface area contributed by atoms with Crippen LogP contribution in [0.5, 0.6) is 0 Å². The molecule has 0 saturated heterocycles. The number of hydrogen-bond donors (Lipinski definition) is 2. The lowest BCUT2D eigenvalue weighted by molar-refractivity contribution is 0.577. The molecule has 0 bridgehead atoms. The maximum absolute atomic E-state index is 5.53. The normalized spacial score (nSPS) is 12.4. The summed E-state index contributed by atoms with van der Waals surface area (Å²) in [5, 5.41) is 2.11. The molecule has 0 aliphatic heterocycles. The fraction of sp³-hybridized carbons (Fsp3) is 0.273. The summed E-state index contributed by atoms with van der Waals surface area (Å²) in [6.07, 6.45) is 0.765. The molecule has 0 aliphatic rings. The van der Waals surface area contributed by atoms with E-state index in [0.717, 1.165) is 6.42 Å². The molecule has 3 N–H and O–H groups in total. The number of rotatable bonds is 3. The number of hydrogen-bond acceptors (Lipinski definition) is 4. The third-order valence-electron chi connectivity index (χ3n) is 2.19. The predicted molar refractivity (Wildman–Crippen MR) is 67.8 cm³/mol. The fourth-order valence-electron chi connectivity index (χ4n) is 1.40. The van der Waals surface area contributed by atoms with Gasteiger partial charge in [0.2, 0.25) is 0 Å². The van der Waals surface area contributed by atoms with Crippen LogP contribution in [-0.4, -0.2) is 0 Å². The zero-order valence-electron chi connectivity index (χ0n) is 8.41. The lowest BCUT2D eigenvalue weighted by Crippen LogP contribution is -2.26. The molecule has 2 nitrogen and oxygen atoms in total. The molecule has 0 radical (unpaired) electrons. The maximum atomic E-state index is 5.53. The first-order chi connectivity index (χ1) is 7.35. The van der Waals surface area contributed by atoms with E-state index >= 15 is 0 Å². The minimum Gasteiger partial charge on any atom is -0.271 e. The average molecular weight is 236 g/mol. The van der Waals surface area contributed by atoms with Gasteiger partial charge < -0.3 is 0 Å². The third-order valence-corrected chi connectivity index (χ3v) is 4.39. The summed E-state index contributed by atoms with van der Waals surface area (Å²) in [6, 6.07) is 4.50. The average Bonchev–Trinajstić information content (AvgIpc) is 2.79. The molecule has 0 aromatic carbocycles. The summed E-state index contributed by atoms with van der Waals surface area (Å²) in [7, 11) is 0. The second kappa shape index (κ2) is 4.77. The molecule has 15 heavy (non-hydrogen) atoms. The van der Waals surface area contributed by atoms with Crippen molar-refractivity contribution in [3.05, 3.63) is 22.4 Å². The fourth-order valence-corrected chi connectivity index (χ4v) is 3.58. The van der Waals surface area contributed by atoms with Crippen LogP contribution in [0.1, 0.15) is 24.3 Å². The highest BCUT2D eigenvalue weighted by atomic mass is 32.1. The van der Waals surface area contributed by atoms with Crippen LogP contribution in [0.2, 0.25) is 0 Å². The first kappa shape index (κ1) is 10.7. The Kier molecular flexibility index (Phi) is 3.39. The van der Waals surface area contributed by atoms with E-state index < -0.39 is 0 Å². The van der Waals surface area contributed by atoms with Crippen molar-refractivity contribution < 1.29 is 0 Å². The van der Waals surface area contributed by atoms with Crippen molar-refractivity contribution in [1.82, 2.24) is 5.43 Å². The predicted octanol–water partition coefficient (Wildman–Crippen LogP) is 2.88. The van der Waals surface area contributed by atoms with Gasteiger partial charge in [0.1, 0.15) is 0 Å². The van der Waals surface area contributed by atoms with Gasteiger partial charge in [-0.3, -0.25) is 11.3 Å². The smallest absolute Gasteiger partial charge is 0.0663 e. The van der Waals surface area contributed by atoms with Crippen molar-refractivity contribution in [2.24, 2.45) is 5.84 Å². The van der Waals surface area contributed by atoms with E-state index in [1.165, 1.54) is 14.3 Å². The second-order valence-electron chi connectivity index (χ2n) is 3.15. The Labute approximate surface area is 97.1 Å². The van der Waals surface area contributed by atoms with Crippen LogP contribution in [0.3, 0.4) is 0 Å². The van der Waals surface area contributed by atoms with Crippen molar-refractivity contribution in [2.45, 2.75) is 19.4 Å². The van der Waals surface area contributed by atoms with Gasteiger partial charge in [0, 0.05) is 20.7 Å². The number of nitrogens with two attached hydrogens (primary N) is 1. The Morgan fingerprint density at radius 2 is 2.40 bits per heavy atom. The van der Waals surface area contributed by atoms with Crippen molar-refractivity contribution >= 4 is 32.1 Å². The highest BCUT2D eigenvalue weighted by Gasteiger charge is 2.12. The van der Waals surface area contributed by atoms with Crippen molar-refractivity contribution in [1.29, 1.82) is 0 Å². The van der Waals surface area contributed by atoms with Crippen LogP contribution < -0.4 is 11.3 Å². The van der Waals surface area contributed by atoms with Gasteiger partial charge in [-0.15, -0.1) is 34.5 Å². The minimum absolute atomic E-state index is 0.155. The molecule has 0 aliphatic carbocycles. The van der Waals surface area contributed by atoms with Crippen molar-refractivity contribution in [3.63, 3.8) is 0 Å². The molecule has 1 atom stereocenters. The monoisotopic (exact) mass is 236 g/mol. The van der Waals surface area contributed by atoms with Crippen LogP contribution in [0.4, 0.5) is 0 Å². The van der Waals surface area contributed by atoms with Crippen molar-refractivity contribution in [2.75, 3.05) is 0 Å². The summed E-state index contributed by atoms with van der Waals surface area (Å²) < 4.78 is 2.67. The molecule has 0 saturated carbocycles. The van der Waals surface area contributed by atoms with Crippen LogP contribution in [-0.2, 0) is 0 Å². The van der Waals surface area contributed by atoms with E-state index in [2.05, 4.69) is 34.8 Å². The first-order valence-corrected chi connectivity index (χ1v) is 6.37. The van der Waals surface area contributed by atoms with Gasteiger partial charge in [0.25, 0.3) is 0 Å². The number of hydrazine groups is 1. The van der Waals surface area contributed by atoms with Gasteiger partial charge in [0.15, 0.2) is 0 Å². The Morgan fingerprint density at radius 1 is 1.53 bits per heavy atom. The molecule has 4 heteroatoms. The van der Waals surface area contributed by atoms with E-state index in [0.29, 0.717) is 0 Å². The Bertz CT molecular complexity index is 473. The summed E-state index contributed by atoms with van der Waals surface area (Å²) >= 11 is 3.55. The number of thiophene rings is 2. The molecular formula is C11H12N2S2. The maximum Gasteiger partial charge on any atom is 0.0663 e. The molecule has 0 amide bonds. The molecule has 2 rings (SSSR count). The number of nitrogens with one attached hydrogen (secondary N) is 1. The molecule has 2 heterocycles. The molecule has 0 spiro atoms. The Balaban J connectivity index is 2.26. The first-order valence-electron chi connectivity index (χ1n) is 4.68. The summed E-state index contributed by atoms with van der Waals surface area (Å²) in [5.74, 6) is 11.5. The Hall–Kier alpha value is -0.860. The molecular weight excluding hydrogens is 224 g/mol. The van der Waals surface area contributed by atoms with Gasteiger partial charge in [-0.2, -0.15) is 0 Å². The SMILES string of the molecule is CC#CCC(NN)c1cc2sccc2s1. The zero-order chi connectivity index (χ0) is 10.7. The van der Waals surface area contributed by atoms with Crippen LogP contribution >= 0.6 is 22.7 Å². The number of fused-ring (bicyclic) bond motifs is 1. The summed E-state index contributed by atoms with van der Waals surface area (Å²) in [5.41, 5.74) is 2.82. The van der Waals surface area contributed by atoms with Crippen LogP contribution in [0.25, 0.3) is 9.40 Å². The quantitative estimate of drug-likeness (QED) is 0.488. The molecule has 2 aromatic rings. The Morgan fingerprint density at radius 3 is 3.07 bits per heavy atom. The highest BCUT2D eigenvalue weighted by Crippen LogP contribution is 2.33. The van der Waals surface area contributed by atoms with E-state index in [-0.39, 0.29) is 6.04 Å². The van der Waals surface area contributed by atoms with Gasteiger partial charge in [-0.05, 0) is 24.4 Å². The standard InChI is InChI=1S/C11H12N2S2/c1-2-3-4-8(13-12)10-7-11-9(15-10)5-6-14-11/h5-8,13H,4,12H2,1H3. The lowest BCUT2D eigenvalue weighted by Gasteiger charge is -2.09. The van der Waals surface area contributed by atoms with E-state index in [4.69, 9.17) is 5.84 Å². The topological polar surface area (TPSA) is 38.0 Å². The second-order valence-corrected chi connectivity index (χ2v) is 5.21. The molecule has 78 valence electrons. The minimum atomic E-state index is 0.155. The third kappa shape index (κ3) is 2.21. The van der Waals surface area contributed by atoms with E-state index in [9.17, 15) is 0 Å². The molecule has 0 fully saturated rings. The van der Waals surface area contributed by atoms with Crippen LogP contribution in [0, 0.1) is 11.8 Å². The van der Waals surface area contributed by atoms with Gasteiger partial charge >= 0.3 is 0 Å². The molecule has 1 unspecified atom stereocenters. The van der Waals surface area contributed by atoms with Crippen LogP contribution in [0.15, 0.2) is 17.5 Å². The van der Waals surface area contributed by atoms with Gasteiger partial charge in [-0.1, -0.05) is 0 Å². The van der Waals surface area contributed by atoms with Gasteiger partial charge in [-0.25, -0.2) is 0 Å². The summed E-state index contributed by atoms with van der Waals surface area (Å²) in [6.45, 7) is 1.85. The van der Waals surface area contributed by atoms with Crippen molar-refractivity contribution in [3.8, 4) is 11.8 Å².